The van der Waals surface area contributed by atoms with Gasteiger partial charge in [-0.2, -0.15) is 0 Å². The first-order chi connectivity index (χ1) is 11.0. The zero-order valence-electron chi connectivity index (χ0n) is 14.2. The first kappa shape index (κ1) is 19.3. The molecule has 1 rings (SSSR count). The van der Waals surface area contributed by atoms with Crippen molar-refractivity contribution >= 4 is 11.8 Å². The predicted molar refractivity (Wildman–Crippen MR) is 91.0 cm³/mol. The van der Waals surface area contributed by atoms with E-state index in [2.05, 4.69) is 10.6 Å². The molecule has 1 aromatic rings. The molecule has 0 fully saturated rings. The Hall–Kier alpha value is -1.79. The van der Waals surface area contributed by atoms with Crippen LogP contribution in [0.3, 0.4) is 0 Å². The van der Waals surface area contributed by atoms with Gasteiger partial charge in [-0.15, -0.1) is 0 Å². The average molecular weight is 324 g/mol. The largest absolute Gasteiger partial charge is 0.491 e. The summed E-state index contributed by atoms with van der Waals surface area (Å²) in [6.45, 7) is 7.13. The number of anilines is 1. The SMILES string of the molecule is CCCCOC(=O)Nc1cccc(OCC(O)CNC(C)C)c1. The van der Waals surface area contributed by atoms with Crippen LogP contribution >= 0.6 is 0 Å². The Morgan fingerprint density at radius 3 is 2.83 bits per heavy atom. The van der Waals surface area contributed by atoms with Crippen LogP contribution in [0.15, 0.2) is 24.3 Å². The van der Waals surface area contributed by atoms with Gasteiger partial charge in [-0.1, -0.05) is 33.3 Å². The Morgan fingerprint density at radius 1 is 1.35 bits per heavy atom. The maximum absolute atomic E-state index is 11.6. The van der Waals surface area contributed by atoms with Crippen LogP contribution in [0.1, 0.15) is 33.6 Å². The van der Waals surface area contributed by atoms with Gasteiger partial charge in [0.25, 0.3) is 0 Å². The van der Waals surface area contributed by atoms with Crippen LogP contribution in [0.25, 0.3) is 0 Å². The van der Waals surface area contributed by atoms with Gasteiger partial charge >= 0.3 is 6.09 Å². The number of hydrogen-bond donors (Lipinski definition) is 3. The highest BCUT2D eigenvalue weighted by atomic mass is 16.5. The van der Waals surface area contributed by atoms with Crippen LogP contribution in [-0.4, -0.2) is 43.1 Å². The highest BCUT2D eigenvalue weighted by molar-refractivity contribution is 5.84. The third-order valence-electron chi connectivity index (χ3n) is 3.02. The quantitative estimate of drug-likeness (QED) is 0.577. The van der Waals surface area contributed by atoms with Crippen molar-refractivity contribution in [2.24, 2.45) is 0 Å². The standard InChI is InChI=1S/C17H28N2O4/c1-4-5-9-22-17(21)19-14-7-6-8-16(10-14)23-12-15(20)11-18-13(2)3/h6-8,10,13,15,18,20H,4-5,9,11-12H2,1-3H3,(H,19,21). The van der Waals surface area contributed by atoms with Crippen molar-refractivity contribution in [1.29, 1.82) is 0 Å². The molecule has 6 nitrogen and oxygen atoms in total. The first-order valence-electron chi connectivity index (χ1n) is 8.09. The summed E-state index contributed by atoms with van der Waals surface area (Å²) in [5.74, 6) is 0.583. The van der Waals surface area contributed by atoms with Crippen molar-refractivity contribution in [3.05, 3.63) is 24.3 Å². The van der Waals surface area contributed by atoms with Crippen LogP contribution in [0, 0.1) is 0 Å². The number of benzene rings is 1. The van der Waals surface area contributed by atoms with E-state index in [0.717, 1.165) is 12.8 Å². The molecule has 0 heterocycles. The minimum atomic E-state index is -0.590. The van der Waals surface area contributed by atoms with Gasteiger partial charge in [-0.3, -0.25) is 5.32 Å². The molecule has 1 aromatic carbocycles. The second-order valence-corrected chi connectivity index (χ2v) is 5.67. The monoisotopic (exact) mass is 324 g/mol. The van der Waals surface area contributed by atoms with Crippen molar-refractivity contribution < 1.29 is 19.4 Å². The van der Waals surface area contributed by atoms with E-state index in [9.17, 15) is 9.90 Å². The van der Waals surface area contributed by atoms with E-state index < -0.39 is 12.2 Å². The molecule has 0 aliphatic carbocycles. The van der Waals surface area contributed by atoms with Crippen molar-refractivity contribution in [3.8, 4) is 5.75 Å². The molecule has 0 aromatic heterocycles. The fraction of sp³-hybridized carbons (Fsp3) is 0.588. The molecule has 0 radical (unpaired) electrons. The molecule has 130 valence electrons. The van der Waals surface area contributed by atoms with Gasteiger partial charge in [0.05, 0.1) is 6.61 Å². The number of aliphatic hydroxyl groups is 1. The highest BCUT2D eigenvalue weighted by Gasteiger charge is 2.07. The van der Waals surface area contributed by atoms with Crippen LogP contribution in [0.2, 0.25) is 0 Å². The van der Waals surface area contributed by atoms with Crippen molar-refractivity contribution in [2.45, 2.75) is 45.8 Å². The molecule has 0 bridgehead atoms. The molecule has 23 heavy (non-hydrogen) atoms. The van der Waals surface area contributed by atoms with Gasteiger partial charge in [0.15, 0.2) is 0 Å². The molecular formula is C17H28N2O4. The van der Waals surface area contributed by atoms with E-state index in [4.69, 9.17) is 9.47 Å². The lowest BCUT2D eigenvalue weighted by Gasteiger charge is -2.15. The molecule has 0 spiro atoms. The Kier molecular flexibility index (Phi) is 9.09. The summed E-state index contributed by atoms with van der Waals surface area (Å²) in [6, 6.07) is 7.32. The van der Waals surface area contributed by atoms with E-state index in [1.165, 1.54) is 0 Å². The third-order valence-corrected chi connectivity index (χ3v) is 3.02. The number of rotatable bonds is 10. The second-order valence-electron chi connectivity index (χ2n) is 5.67. The number of ether oxygens (including phenoxy) is 2. The molecular weight excluding hydrogens is 296 g/mol. The average Bonchev–Trinajstić information content (AvgIpc) is 2.51. The van der Waals surface area contributed by atoms with Crippen molar-refractivity contribution in [3.63, 3.8) is 0 Å². The van der Waals surface area contributed by atoms with Crippen molar-refractivity contribution in [2.75, 3.05) is 25.1 Å². The Labute approximate surface area is 138 Å². The first-order valence-corrected chi connectivity index (χ1v) is 8.09. The number of carbonyl (C=O) groups excluding carboxylic acids is 1. The molecule has 1 atom stereocenters. The van der Waals surface area contributed by atoms with E-state index in [-0.39, 0.29) is 6.61 Å². The summed E-state index contributed by atoms with van der Waals surface area (Å²) in [6.07, 6.45) is 0.758. The minimum Gasteiger partial charge on any atom is -0.491 e. The second kappa shape index (κ2) is 10.9. The van der Waals surface area contributed by atoms with E-state index in [1.807, 2.05) is 20.8 Å². The third kappa shape index (κ3) is 9.05. The van der Waals surface area contributed by atoms with E-state index in [0.29, 0.717) is 30.6 Å². The lowest BCUT2D eigenvalue weighted by Crippen LogP contribution is -2.35. The normalized spacial score (nSPS) is 12.0. The van der Waals surface area contributed by atoms with Gasteiger partial charge in [0.1, 0.15) is 18.5 Å². The Morgan fingerprint density at radius 2 is 2.13 bits per heavy atom. The zero-order valence-corrected chi connectivity index (χ0v) is 14.2. The van der Waals surface area contributed by atoms with E-state index >= 15 is 0 Å². The lowest BCUT2D eigenvalue weighted by molar-refractivity contribution is 0.104. The Balaban J connectivity index is 2.39. The van der Waals surface area contributed by atoms with Crippen LogP contribution in [0.5, 0.6) is 5.75 Å². The number of nitrogens with one attached hydrogen (secondary N) is 2. The zero-order chi connectivity index (χ0) is 17.1. The molecule has 1 amide bonds. The number of carbonyl (C=O) groups is 1. The summed E-state index contributed by atoms with van der Waals surface area (Å²) in [4.78, 5) is 11.6. The van der Waals surface area contributed by atoms with Gasteiger partial charge < -0.3 is 19.9 Å². The number of amides is 1. The highest BCUT2D eigenvalue weighted by Crippen LogP contribution is 2.17. The summed E-state index contributed by atoms with van der Waals surface area (Å²) in [5.41, 5.74) is 0.596. The summed E-state index contributed by atoms with van der Waals surface area (Å²) in [7, 11) is 0. The molecule has 1 unspecified atom stereocenters. The van der Waals surface area contributed by atoms with Crippen LogP contribution in [0.4, 0.5) is 10.5 Å². The molecule has 0 saturated carbocycles. The minimum absolute atomic E-state index is 0.185. The van der Waals surface area contributed by atoms with Crippen LogP contribution < -0.4 is 15.4 Å². The summed E-state index contributed by atoms with van der Waals surface area (Å²) in [5, 5.41) is 15.6. The predicted octanol–water partition coefficient (Wildman–Crippen LogP) is 2.77. The fourth-order valence-corrected chi connectivity index (χ4v) is 1.75. The number of hydrogen-bond acceptors (Lipinski definition) is 5. The van der Waals surface area contributed by atoms with Gasteiger partial charge in [-0.25, -0.2) is 4.79 Å². The maximum atomic E-state index is 11.6. The molecule has 0 aliphatic heterocycles. The summed E-state index contributed by atoms with van der Waals surface area (Å²) >= 11 is 0. The van der Waals surface area contributed by atoms with Gasteiger partial charge in [0.2, 0.25) is 0 Å². The molecule has 0 saturated heterocycles. The topological polar surface area (TPSA) is 79.8 Å². The Bertz CT molecular complexity index is 466. The number of aliphatic hydroxyl groups excluding tert-OH is 1. The molecule has 3 N–H and O–H groups in total. The van der Waals surface area contributed by atoms with Gasteiger partial charge in [-0.05, 0) is 18.6 Å². The van der Waals surface area contributed by atoms with E-state index in [1.54, 1.807) is 24.3 Å². The smallest absolute Gasteiger partial charge is 0.411 e. The maximum Gasteiger partial charge on any atom is 0.411 e. The van der Waals surface area contributed by atoms with Crippen LogP contribution in [-0.2, 0) is 4.74 Å². The number of unbranched alkanes of at least 4 members (excludes halogenated alkanes) is 1. The van der Waals surface area contributed by atoms with Crippen molar-refractivity contribution in [1.82, 2.24) is 5.32 Å². The molecule has 0 aliphatic rings. The lowest BCUT2D eigenvalue weighted by atomic mass is 10.3. The van der Waals surface area contributed by atoms with Gasteiger partial charge in [0, 0.05) is 24.3 Å². The fourth-order valence-electron chi connectivity index (χ4n) is 1.75. The summed E-state index contributed by atoms with van der Waals surface area (Å²) < 4.78 is 10.6. The molecule has 6 heteroatoms.